The first-order valence-corrected chi connectivity index (χ1v) is 9.35. The first kappa shape index (κ1) is 19.5. The molecule has 1 aliphatic rings. The summed E-state index contributed by atoms with van der Waals surface area (Å²) in [5.41, 5.74) is 1.00. The second kappa shape index (κ2) is 9.57. The summed E-state index contributed by atoms with van der Waals surface area (Å²) < 4.78 is 2.05. The van der Waals surface area contributed by atoms with E-state index in [0.717, 1.165) is 36.2 Å². The fourth-order valence-corrected chi connectivity index (χ4v) is 3.83. The summed E-state index contributed by atoms with van der Waals surface area (Å²) in [7, 11) is 0. The normalized spacial score (nSPS) is 18.8. The number of guanidine groups is 1. The van der Waals surface area contributed by atoms with E-state index in [-0.39, 0.29) is 24.0 Å². The number of likely N-dealkylation sites (N-methyl/N-ethyl adjacent to an activating group) is 1. The number of thiazole rings is 1. The Morgan fingerprint density at radius 1 is 1.42 bits per heavy atom. The second-order valence-electron chi connectivity index (χ2n) is 5.83. The Hall–Kier alpha value is -0.870. The van der Waals surface area contributed by atoms with Gasteiger partial charge in [-0.05, 0) is 32.9 Å². The van der Waals surface area contributed by atoms with Gasteiger partial charge in [0.1, 0.15) is 0 Å². The number of nitrogens with zero attached hydrogens (tertiary/aromatic N) is 4. The van der Waals surface area contributed by atoms with Crippen LogP contribution in [0.1, 0.15) is 32.4 Å². The molecule has 3 rings (SSSR count). The van der Waals surface area contributed by atoms with Crippen LogP contribution in [-0.2, 0) is 6.54 Å². The highest BCUT2D eigenvalue weighted by molar-refractivity contribution is 14.0. The highest BCUT2D eigenvalue weighted by atomic mass is 127. The number of likely N-dealkylation sites (tertiary alicyclic amines) is 1. The molecule has 0 radical (unpaired) electrons. The van der Waals surface area contributed by atoms with E-state index in [2.05, 4.69) is 45.6 Å². The minimum Gasteiger partial charge on any atom is -0.357 e. The molecule has 2 aromatic rings. The van der Waals surface area contributed by atoms with E-state index < -0.39 is 0 Å². The Kier molecular flexibility index (Phi) is 7.76. The van der Waals surface area contributed by atoms with Crippen molar-refractivity contribution in [1.82, 2.24) is 24.9 Å². The van der Waals surface area contributed by atoms with Crippen LogP contribution >= 0.6 is 35.3 Å². The lowest BCUT2D eigenvalue weighted by Crippen LogP contribution is -2.44. The summed E-state index contributed by atoms with van der Waals surface area (Å²) in [4.78, 5) is 12.8. The Morgan fingerprint density at radius 3 is 3.04 bits per heavy atom. The van der Waals surface area contributed by atoms with Gasteiger partial charge in [0.25, 0.3) is 0 Å². The molecule has 0 aromatic carbocycles. The van der Waals surface area contributed by atoms with E-state index in [1.54, 1.807) is 11.3 Å². The topological polar surface area (TPSA) is 57.0 Å². The number of imidazole rings is 1. The van der Waals surface area contributed by atoms with Crippen LogP contribution in [0.25, 0.3) is 4.96 Å². The Bertz CT molecular complexity index is 623. The number of aliphatic imine (C=N–C) groups is 1. The molecule has 0 amide bonds. The van der Waals surface area contributed by atoms with E-state index in [4.69, 9.17) is 0 Å². The molecule has 6 nitrogen and oxygen atoms in total. The minimum absolute atomic E-state index is 0. The summed E-state index contributed by atoms with van der Waals surface area (Å²) in [6, 6.07) is 0.627. The van der Waals surface area contributed by atoms with Gasteiger partial charge in [-0.15, -0.1) is 35.3 Å². The zero-order valence-corrected chi connectivity index (χ0v) is 17.5. The Labute approximate surface area is 164 Å². The monoisotopic (exact) mass is 462 g/mol. The molecular formula is C16H27IN6S. The van der Waals surface area contributed by atoms with E-state index in [0.29, 0.717) is 12.6 Å². The maximum Gasteiger partial charge on any atom is 0.193 e. The highest BCUT2D eigenvalue weighted by Crippen LogP contribution is 2.15. The maximum absolute atomic E-state index is 4.68. The molecule has 134 valence electrons. The minimum atomic E-state index is 0. The number of fused-ring (bicyclic) bond motifs is 1. The molecule has 0 bridgehead atoms. The number of hydrogen-bond donors (Lipinski definition) is 2. The molecule has 0 aliphatic carbocycles. The van der Waals surface area contributed by atoms with Gasteiger partial charge in [-0.1, -0.05) is 6.92 Å². The molecule has 1 unspecified atom stereocenters. The number of halogens is 1. The largest absolute Gasteiger partial charge is 0.357 e. The van der Waals surface area contributed by atoms with Crippen LogP contribution in [0.4, 0.5) is 0 Å². The van der Waals surface area contributed by atoms with Crippen molar-refractivity contribution in [3.63, 3.8) is 0 Å². The van der Waals surface area contributed by atoms with E-state index in [9.17, 15) is 0 Å². The first-order chi connectivity index (χ1) is 11.3. The van der Waals surface area contributed by atoms with E-state index in [1.165, 1.54) is 19.4 Å². The Balaban J connectivity index is 0.00000208. The SMILES string of the molecule is CCNC(=NCc1cn2ccsc2n1)NCC1CCCN1CC.I. The lowest BCUT2D eigenvalue weighted by Gasteiger charge is -2.23. The molecule has 24 heavy (non-hydrogen) atoms. The van der Waals surface area contributed by atoms with Gasteiger partial charge < -0.3 is 10.6 Å². The van der Waals surface area contributed by atoms with Crippen LogP contribution in [0.3, 0.4) is 0 Å². The van der Waals surface area contributed by atoms with Gasteiger partial charge in [-0.2, -0.15) is 0 Å². The number of aromatic nitrogens is 2. The van der Waals surface area contributed by atoms with Crippen LogP contribution in [0.2, 0.25) is 0 Å². The van der Waals surface area contributed by atoms with Gasteiger partial charge in [-0.3, -0.25) is 9.30 Å². The van der Waals surface area contributed by atoms with Crippen molar-refractivity contribution in [2.75, 3.05) is 26.2 Å². The molecular weight excluding hydrogens is 435 g/mol. The molecule has 0 saturated carbocycles. The fourth-order valence-electron chi connectivity index (χ4n) is 3.11. The number of hydrogen-bond acceptors (Lipinski definition) is 4. The smallest absolute Gasteiger partial charge is 0.193 e. The lowest BCUT2D eigenvalue weighted by atomic mass is 10.2. The quantitative estimate of drug-likeness (QED) is 0.394. The fraction of sp³-hybridized carbons (Fsp3) is 0.625. The third-order valence-corrected chi connectivity index (χ3v) is 5.07. The zero-order chi connectivity index (χ0) is 16.1. The van der Waals surface area contributed by atoms with Crippen LogP contribution in [-0.4, -0.2) is 52.5 Å². The molecule has 1 saturated heterocycles. The molecule has 2 N–H and O–H groups in total. The predicted molar refractivity (Wildman–Crippen MR) is 112 cm³/mol. The van der Waals surface area contributed by atoms with Crippen molar-refractivity contribution < 1.29 is 0 Å². The third-order valence-electron chi connectivity index (χ3n) is 4.30. The van der Waals surface area contributed by atoms with Crippen LogP contribution in [0.15, 0.2) is 22.8 Å². The summed E-state index contributed by atoms with van der Waals surface area (Å²) >= 11 is 1.65. The van der Waals surface area contributed by atoms with Gasteiger partial charge in [0.2, 0.25) is 0 Å². The van der Waals surface area contributed by atoms with E-state index in [1.807, 2.05) is 16.0 Å². The van der Waals surface area contributed by atoms with Crippen molar-refractivity contribution in [3.05, 3.63) is 23.5 Å². The summed E-state index contributed by atoms with van der Waals surface area (Å²) in [5, 5.41) is 8.86. The predicted octanol–water partition coefficient (Wildman–Crippen LogP) is 2.55. The summed E-state index contributed by atoms with van der Waals surface area (Å²) in [5.74, 6) is 0.881. The van der Waals surface area contributed by atoms with Crippen molar-refractivity contribution >= 4 is 46.2 Å². The van der Waals surface area contributed by atoms with Crippen LogP contribution < -0.4 is 10.6 Å². The molecule has 1 fully saturated rings. The van der Waals surface area contributed by atoms with Crippen molar-refractivity contribution in [2.24, 2.45) is 4.99 Å². The van der Waals surface area contributed by atoms with Crippen LogP contribution in [0.5, 0.6) is 0 Å². The van der Waals surface area contributed by atoms with Gasteiger partial charge in [0.05, 0.1) is 12.2 Å². The molecule has 1 atom stereocenters. The zero-order valence-electron chi connectivity index (χ0n) is 14.4. The molecule has 2 aromatic heterocycles. The second-order valence-corrected chi connectivity index (χ2v) is 6.70. The molecule has 0 spiro atoms. The molecule has 1 aliphatic heterocycles. The van der Waals surface area contributed by atoms with Gasteiger partial charge in [-0.25, -0.2) is 9.98 Å². The average Bonchev–Trinajstić information content (AvgIpc) is 3.24. The van der Waals surface area contributed by atoms with Crippen molar-refractivity contribution in [1.29, 1.82) is 0 Å². The summed E-state index contributed by atoms with van der Waals surface area (Å²) in [6.07, 6.45) is 6.66. The van der Waals surface area contributed by atoms with E-state index >= 15 is 0 Å². The highest BCUT2D eigenvalue weighted by Gasteiger charge is 2.22. The van der Waals surface area contributed by atoms with Gasteiger partial charge in [0.15, 0.2) is 10.9 Å². The van der Waals surface area contributed by atoms with Gasteiger partial charge >= 0.3 is 0 Å². The number of nitrogens with one attached hydrogen (secondary N) is 2. The third kappa shape index (κ3) is 4.82. The molecule has 8 heteroatoms. The van der Waals surface area contributed by atoms with Crippen molar-refractivity contribution in [2.45, 2.75) is 39.3 Å². The number of rotatable bonds is 6. The standard InChI is InChI=1S/C16H26N6S.HI/c1-3-17-15(19-11-14-6-5-7-21(14)4-2)18-10-13-12-22-8-9-23-16(22)20-13;/h8-9,12,14H,3-7,10-11H2,1-2H3,(H2,17,18,19);1H. The van der Waals surface area contributed by atoms with Gasteiger partial charge in [0, 0.05) is 36.9 Å². The average molecular weight is 462 g/mol. The van der Waals surface area contributed by atoms with Crippen LogP contribution in [0, 0.1) is 0 Å². The van der Waals surface area contributed by atoms with Crippen molar-refractivity contribution in [3.8, 4) is 0 Å². The molecule has 3 heterocycles. The maximum atomic E-state index is 4.68. The Morgan fingerprint density at radius 2 is 2.29 bits per heavy atom. The first-order valence-electron chi connectivity index (χ1n) is 8.47. The summed E-state index contributed by atoms with van der Waals surface area (Å²) in [6.45, 7) is 9.11. The lowest BCUT2D eigenvalue weighted by molar-refractivity contribution is 0.267.